The molecule has 1 saturated heterocycles. The molecule has 1 fully saturated rings. The molecule has 2 aromatic heterocycles. The third kappa shape index (κ3) is 4.93. The second kappa shape index (κ2) is 9.72. The van der Waals surface area contributed by atoms with Gasteiger partial charge in [0.25, 0.3) is 0 Å². The van der Waals surface area contributed by atoms with E-state index in [1.807, 2.05) is 25.1 Å². The third-order valence-corrected chi connectivity index (χ3v) is 7.70. The Morgan fingerprint density at radius 2 is 1.91 bits per heavy atom. The molecular weight excluding hydrogens is 458 g/mol. The highest BCUT2D eigenvalue weighted by Crippen LogP contribution is 2.28. The van der Waals surface area contributed by atoms with Gasteiger partial charge in [0.15, 0.2) is 11.6 Å². The molecule has 0 spiro atoms. The van der Waals surface area contributed by atoms with Crippen molar-refractivity contribution in [1.82, 2.24) is 29.5 Å². The molecule has 1 atom stereocenters. The zero-order valence-corrected chi connectivity index (χ0v) is 21.0. The second-order valence-corrected chi connectivity index (χ2v) is 10.1. The number of nitrogens with zero attached hydrogens (tertiary/aromatic N) is 6. The zero-order valence-electron chi connectivity index (χ0n) is 20.1. The Kier molecular flexibility index (Phi) is 6.91. The van der Waals surface area contributed by atoms with E-state index in [4.69, 9.17) is 9.26 Å². The maximum absolute atomic E-state index is 12.9. The number of benzene rings is 1. The molecule has 12 heteroatoms. The average Bonchev–Trinajstić information content (AvgIpc) is 3.36. The number of rotatable bonds is 8. The Balaban J connectivity index is 1.52. The summed E-state index contributed by atoms with van der Waals surface area (Å²) in [5.74, 6) is 1.33. The van der Waals surface area contributed by atoms with Crippen LogP contribution in [0.1, 0.15) is 37.2 Å². The van der Waals surface area contributed by atoms with Gasteiger partial charge in [0.2, 0.25) is 10.0 Å². The lowest BCUT2D eigenvalue weighted by Gasteiger charge is -2.34. The fraction of sp³-hybridized carbons (Fsp3) is 0.500. The lowest BCUT2D eigenvalue weighted by molar-refractivity contribution is 0.312. The fourth-order valence-electron chi connectivity index (χ4n) is 4.11. The number of likely N-dealkylation sites (N-methyl/N-ethyl adjacent to an activating group) is 1. The lowest BCUT2D eigenvalue weighted by Crippen LogP contribution is -2.44. The summed E-state index contributed by atoms with van der Waals surface area (Å²) < 4.78 is 41.3. The van der Waals surface area contributed by atoms with Crippen LogP contribution < -0.4 is 14.4 Å². The molecule has 0 radical (unpaired) electrons. The molecule has 11 nitrogen and oxygen atoms in total. The first kappa shape index (κ1) is 24.2. The van der Waals surface area contributed by atoms with Crippen LogP contribution in [0.3, 0.4) is 0 Å². The van der Waals surface area contributed by atoms with E-state index in [-0.39, 0.29) is 10.7 Å². The summed E-state index contributed by atoms with van der Waals surface area (Å²) >= 11 is 0. The van der Waals surface area contributed by atoms with Crippen LogP contribution >= 0.6 is 0 Å². The summed E-state index contributed by atoms with van der Waals surface area (Å²) in [5.41, 5.74) is 1.40. The first-order chi connectivity index (χ1) is 16.2. The maximum atomic E-state index is 12.9. The Hall–Kier alpha value is -2.96. The molecule has 3 heterocycles. The van der Waals surface area contributed by atoms with Crippen molar-refractivity contribution >= 4 is 15.7 Å². The van der Waals surface area contributed by atoms with Gasteiger partial charge in [-0.1, -0.05) is 16.3 Å². The minimum absolute atomic E-state index is 0.0408. The summed E-state index contributed by atoms with van der Waals surface area (Å²) in [7, 11) is -1.73. The van der Waals surface area contributed by atoms with Gasteiger partial charge >= 0.3 is 6.01 Å². The van der Waals surface area contributed by atoms with Gasteiger partial charge in [0.05, 0.1) is 6.04 Å². The molecule has 1 aromatic carbocycles. The lowest BCUT2D eigenvalue weighted by atomic mass is 10.2. The van der Waals surface area contributed by atoms with Crippen molar-refractivity contribution < 1.29 is 17.7 Å². The highest BCUT2D eigenvalue weighted by atomic mass is 32.2. The van der Waals surface area contributed by atoms with Gasteiger partial charge in [-0.15, -0.1) is 5.10 Å². The SMILES string of the molecule is CCn1c(Oc2cccc(N3CCN(C)CC3)c2)nnc1[C@@H](C)NS(=O)(=O)c1c(C)noc1C. The predicted molar refractivity (Wildman–Crippen MR) is 127 cm³/mol. The smallest absolute Gasteiger partial charge is 0.322 e. The van der Waals surface area contributed by atoms with E-state index in [0.717, 1.165) is 31.9 Å². The van der Waals surface area contributed by atoms with Crippen molar-refractivity contribution in [3.8, 4) is 11.8 Å². The summed E-state index contributed by atoms with van der Waals surface area (Å²) in [6.07, 6.45) is 0. The number of sulfonamides is 1. The molecule has 1 N–H and O–H groups in total. The molecule has 34 heavy (non-hydrogen) atoms. The van der Waals surface area contributed by atoms with Crippen molar-refractivity contribution in [2.45, 2.75) is 45.2 Å². The van der Waals surface area contributed by atoms with Crippen molar-refractivity contribution in [2.24, 2.45) is 0 Å². The highest BCUT2D eigenvalue weighted by molar-refractivity contribution is 7.89. The normalized spacial score (nSPS) is 16.1. The zero-order chi connectivity index (χ0) is 24.5. The van der Waals surface area contributed by atoms with Crippen molar-refractivity contribution in [2.75, 3.05) is 38.1 Å². The minimum Gasteiger partial charge on any atom is -0.424 e. The Labute approximate surface area is 199 Å². The van der Waals surface area contributed by atoms with Crippen LogP contribution in [0.25, 0.3) is 0 Å². The third-order valence-electron chi connectivity index (χ3n) is 5.91. The van der Waals surface area contributed by atoms with Gasteiger partial charge in [-0.25, -0.2) is 13.1 Å². The van der Waals surface area contributed by atoms with Gasteiger partial charge < -0.3 is 19.1 Å². The van der Waals surface area contributed by atoms with Crippen LogP contribution in [0.5, 0.6) is 11.8 Å². The molecule has 184 valence electrons. The van der Waals surface area contributed by atoms with E-state index in [1.165, 1.54) is 0 Å². The van der Waals surface area contributed by atoms with E-state index < -0.39 is 16.1 Å². The molecule has 0 aliphatic carbocycles. The van der Waals surface area contributed by atoms with Crippen LogP contribution in [-0.4, -0.2) is 66.5 Å². The number of aryl methyl sites for hydroxylation is 2. The quantitative estimate of drug-likeness (QED) is 0.509. The second-order valence-electron chi connectivity index (χ2n) is 8.47. The molecular formula is C22H31N7O4S. The van der Waals surface area contributed by atoms with Crippen LogP contribution in [0.15, 0.2) is 33.7 Å². The van der Waals surface area contributed by atoms with Gasteiger partial charge in [0.1, 0.15) is 16.3 Å². The number of anilines is 1. The summed E-state index contributed by atoms with van der Waals surface area (Å²) in [4.78, 5) is 4.68. The topological polar surface area (TPSA) is 119 Å². The molecule has 0 bridgehead atoms. The number of hydrogen-bond acceptors (Lipinski definition) is 9. The summed E-state index contributed by atoms with van der Waals surface area (Å²) in [5, 5.41) is 12.1. The number of piperazine rings is 1. The first-order valence-corrected chi connectivity index (χ1v) is 12.8. The molecule has 1 aliphatic rings. The van der Waals surface area contributed by atoms with E-state index in [2.05, 4.69) is 43.0 Å². The van der Waals surface area contributed by atoms with Crippen LogP contribution in [0.2, 0.25) is 0 Å². The van der Waals surface area contributed by atoms with Gasteiger partial charge in [-0.05, 0) is 46.9 Å². The Morgan fingerprint density at radius 1 is 1.18 bits per heavy atom. The van der Waals surface area contributed by atoms with Gasteiger partial charge in [-0.2, -0.15) is 0 Å². The molecule has 3 aromatic rings. The Morgan fingerprint density at radius 3 is 2.56 bits per heavy atom. The van der Waals surface area contributed by atoms with E-state index in [1.54, 1.807) is 25.3 Å². The van der Waals surface area contributed by atoms with E-state index in [9.17, 15) is 8.42 Å². The highest BCUT2D eigenvalue weighted by Gasteiger charge is 2.29. The minimum atomic E-state index is -3.86. The van der Waals surface area contributed by atoms with E-state index in [0.29, 0.717) is 29.8 Å². The Bertz CT molecular complexity index is 1230. The predicted octanol–water partition coefficient (Wildman–Crippen LogP) is 2.49. The van der Waals surface area contributed by atoms with Crippen LogP contribution in [0.4, 0.5) is 5.69 Å². The van der Waals surface area contributed by atoms with Crippen molar-refractivity contribution in [3.63, 3.8) is 0 Å². The monoisotopic (exact) mass is 489 g/mol. The van der Waals surface area contributed by atoms with Gasteiger partial charge in [-0.3, -0.25) is 4.57 Å². The number of hydrogen-bond donors (Lipinski definition) is 1. The average molecular weight is 490 g/mol. The fourth-order valence-corrected chi connectivity index (χ4v) is 5.64. The molecule has 0 unspecified atom stereocenters. The largest absolute Gasteiger partial charge is 0.424 e. The number of nitrogens with one attached hydrogen (secondary N) is 1. The van der Waals surface area contributed by atoms with Crippen LogP contribution in [0, 0.1) is 13.8 Å². The molecule has 0 amide bonds. The maximum Gasteiger partial charge on any atom is 0.322 e. The van der Waals surface area contributed by atoms with E-state index >= 15 is 0 Å². The number of ether oxygens (including phenoxy) is 1. The van der Waals surface area contributed by atoms with Crippen molar-refractivity contribution in [3.05, 3.63) is 41.5 Å². The summed E-state index contributed by atoms with van der Waals surface area (Å²) in [6.45, 7) is 11.2. The molecule has 4 rings (SSSR count). The first-order valence-electron chi connectivity index (χ1n) is 11.3. The standard InChI is InChI=1S/C22H31N7O4S/c1-6-29-21(16(3)26-34(30,31)20-15(2)25-33-17(20)4)23-24-22(29)32-19-9-7-8-18(14-19)28-12-10-27(5)11-13-28/h7-9,14,16,26H,6,10-13H2,1-5H3/t16-/m1/s1. The molecule has 1 aliphatic heterocycles. The van der Waals surface area contributed by atoms with Crippen molar-refractivity contribution in [1.29, 1.82) is 0 Å². The molecule has 0 saturated carbocycles. The van der Waals surface area contributed by atoms with Crippen LogP contribution in [-0.2, 0) is 16.6 Å². The summed E-state index contributed by atoms with van der Waals surface area (Å²) in [6, 6.07) is 7.54. The number of aromatic nitrogens is 4. The van der Waals surface area contributed by atoms with Gasteiger partial charge in [0, 0.05) is 44.5 Å².